The Labute approximate surface area is 224 Å². The number of carbonyl (C=O) groups excluding carboxylic acids is 1. The summed E-state index contributed by atoms with van der Waals surface area (Å²) >= 11 is 13.1. The first kappa shape index (κ1) is 27.2. The maximum atomic E-state index is 13.6. The van der Waals surface area contributed by atoms with Gasteiger partial charge in [-0.3, -0.25) is 0 Å². The lowest BCUT2D eigenvalue weighted by atomic mass is 10.0. The number of alkyl halides is 2. The summed E-state index contributed by atoms with van der Waals surface area (Å²) in [6.07, 6.45) is 3.10. The standard InChI is InChI=1S/C25H20Cl2F3NO5S/c26-19-11-31(33)12-20(27)18(19)10-22(36-25(32)37-17-3-1-2-16(28)9-17)15-6-7-21(35-24(29)30)23(8-15)34-13-14-4-5-14/h1-3,6-9,11-12,14,22,24H,4-5,10,13H2. The van der Waals surface area contributed by atoms with E-state index >= 15 is 0 Å². The lowest BCUT2D eigenvalue weighted by Crippen LogP contribution is -2.25. The van der Waals surface area contributed by atoms with Gasteiger partial charge in [0.05, 0.1) is 6.61 Å². The number of hydrogen-bond donors (Lipinski definition) is 0. The molecule has 37 heavy (non-hydrogen) atoms. The van der Waals surface area contributed by atoms with Crippen LogP contribution < -0.4 is 14.2 Å². The number of hydrogen-bond acceptors (Lipinski definition) is 6. The molecule has 6 nitrogen and oxygen atoms in total. The average Bonchev–Trinajstić information content (AvgIpc) is 3.64. The summed E-state index contributed by atoms with van der Waals surface area (Å²) in [7, 11) is 0. The number of aromatic nitrogens is 1. The number of nitrogens with zero attached hydrogens (tertiary/aromatic N) is 1. The molecule has 1 fully saturated rings. The van der Waals surface area contributed by atoms with Crippen LogP contribution in [0.4, 0.5) is 18.0 Å². The molecule has 1 heterocycles. The van der Waals surface area contributed by atoms with Crippen LogP contribution in [-0.4, -0.2) is 18.5 Å². The second kappa shape index (κ2) is 12.1. The number of halogens is 5. The zero-order chi connectivity index (χ0) is 26.5. The normalized spacial score (nSPS) is 13.9. The molecule has 2 aromatic carbocycles. The highest BCUT2D eigenvalue weighted by Gasteiger charge is 2.26. The molecule has 0 aliphatic heterocycles. The van der Waals surface area contributed by atoms with Gasteiger partial charge in [-0.05, 0) is 66.4 Å². The molecule has 12 heteroatoms. The first-order chi connectivity index (χ1) is 17.7. The molecular formula is C25H20Cl2F3NO5S. The van der Waals surface area contributed by atoms with Gasteiger partial charge in [-0.15, -0.1) is 0 Å². The third kappa shape index (κ3) is 7.83. The molecule has 0 amide bonds. The Morgan fingerprint density at radius 2 is 1.84 bits per heavy atom. The van der Waals surface area contributed by atoms with E-state index < -0.39 is 23.8 Å². The van der Waals surface area contributed by atoms with Crippen molar-refractivity contribution in [3.63, 3.8) is 0 Å². The molecule has 0 spiro atoms. The van der Waals surface area contributed by atoms with Gasteiger partial charge in [-0.25, -0.2) is 9.18 Å². The minimum absolute atomic E-state index is 0.0455. The largest absolute Gasteiger partial charge is 0.619 e. The lowest BCUT2D eigenvalue weighted by Gasteiger charge is -2.21. The number of rotatable bonds is 10. The summed E-state index contributed by atoms with van der Waals surface area (Å²) in [5.41, 5.74) is 0.712. The Kier molecular flexibility index (Phi) is 8.94. The third-order valence-corrected chi connectivity index (χ3v) is 6.81. The van der Waals surface area contributed by atoms with E-state index in [4.69, 9.17) is 32.7 Å². The maximum Gasteiger partial charge on any atom is 0.387 e. The summed E-state index contributed by atoms with van der Waals surface area (Å²) in [5, 5.41) is 11.0. The smallest absolute Gasteiger partial charge is 0.387 e. The SMILES string of the molecule is O=C(OC(Cc1c(Cl)c[n+]([O-])cc1Cl)c1ccc(OC(F)F)c(OCC2CC2)c1)Sc1cccc(F)c1. The van der Waals surface area contributed by atoms with Gasteiger partial charge in [0.15, 0.2) is 23.9 Å². The average molecular weight is 574 g/mol. The fourth-order valence-corrected chi connectivity index (χ4v) is 4.70. The van der Waals surface area contributed by atoms with Crippen molar-refractivity contribution in [1.29, 1.82) is 0 Å². The van der Waals surface area contributed by atoms with Crippen molar-refractivity contribution < 1.29 is 36.9 Å². The highest BCUT2D eigenvalue weighted by Crippen LogP contribution is 2.38. The zero-order valence-corrected chi connectivity index (χ0v) is 21.4. The quantitative estimate of drug-likeness (QED) is 0.109. The van der Waals surface area contributed by atoms with Crippen molar-refractivity contribution >= 4 is 40.3 Å². The second-order valence-electron chi connectivity index (χ2n) is 8.25. The number of carbonyl (C=O) groups is 1. The van der Waals surface area contributed by atoms with Crippen molar-refractivity contribution in [1.82, 2.24) is 0 Å². The Hall–Kier alpha value is -2.82. The third-order valence-electron chi connectivity index (χ3n) is 5.41. The molecule has 1 saturated carbocycles. The predicted molar refractivity (Wildman–Crippen MR) is 132 cm³/mol. The highest BCUT2D eigenvalue weighted by atomic mass is 35.5. The van der Waals surface area contributed by atoms with E-state index in [1.165, 1.54) is 36.4 Å². The minimum Gasteiger partial charge on any atom is -0.619 e. The molecule has 196 valence electrons. The molecule has 0 N–H and O–H groups in total. The van der Waals surface area contributed by atoms with E-state index in [1.807, 2.05) is 0 Å². The van der Waals surface area contributed by atoms with Crippen LogP contribution in [0, 0.1) is 16.9 Å². The molecule has 4 rings (SSSR count). The number of thioether (sulfide) groups is 1. The van der Waals surface area contributed by atoms with E-state index in [0.29, 0.717) is 45.0 Å². The van der Waals surface area contributed by atoms with Crippen LogP contribution in [0.5, 0.6) is 11.5 Å². The van der Waals surface area contributed by atoms with E-state index in [9.17, 15) is 23.2 Å². The summed E-state index contributed by atoms with van der Waals surface area (Å²) in [6.45, 7) is -2.74. The van der Waals surface area contributed by atoms with Crippen LogP contribution in [0.15, 0.2) is 59.8 Å². The zero-order valence-electron chi connectivity index (χ0n) is 19.0. The first-order valence-corrected chi connectivity index (χ1v) is 12.7. The van der Waals surface area contributed by atoms with Crippen LogP contribution >= 0.6 is 35.0 Å². The van der Waals surface area contributed by atoms with E-state index in [-0.39, 0.29) is 28.0 Å². The molecule has 0 saturated heterocycles. The van der Waals surface area contributed by atoms with Gasteiger partial charge in [0.1, 0.15) is 22.0 Å². The molecule has 1 aliphatic rings. The van der Waals surface area contributed by atoms with E-state index in [1.54, 1.807) is 6.07 Å². The highest BCUT2D eigenvalue weighted by molar-refractivity contribution is 8.13. The summed E-state index contributed by atoms with van der Waals surface area (Å²) < 4.78 is 55.9. The minimum atomic E-state index is -3.06. The van der Waals surface area contributed by atoms with Gasteiger partial charge in [0.2, 0.25) is 0 Å². The Morgan fingerprint density at radius 1 is 1.11 bits per heavy atom. The monoisotopic (exact) mass is 573 g/mol. The Balaban J connectivity index is 1.64. The van der Waals surface area contributed by atoms with Gasteiger partial charge in [0, 0.05) is 16.9 Å². The molecule has 0 bridgehead atoms. The summed E-state index contributed by atoms with van der Waals surface area (Å²) in [5.74, 6) is -0.289. The van der Waals surface area contributed by atoms with E-state index in [2.05, 4.69) is 4.74 Å². The topological polar surface area (TPSA) is 71.7 Å². The Morgan fingerprint density at radius 3 is 2.49 bits per heavy atom. The van der Waals surface area contributed by atoms with Crippen LogP contribution in [0.25, 0.3) is 0 Å². The van der Waals surface area contributed by atoms with Crippen LogP contribution in [0.3, 0.4) is 0 Å². The predicted octanol–water partition coefficient (Wildman–Crippen LogP) is 7.37. The summed E-state index contributed by atoms with van der Waals surface area (Å²) in [6, 6.07) is 9.61. The number of ether oxygens (including phenoxy) is 3. The molecule has 3 aromatic rings. The second-order valence-corrected chi connectivity index (χ2v) is 10.1. The number of pyridine rings is 1. The fourth-order valence-electron chi connectivity index (χ4n) is 3.43. The van der Waals surface area contributed by atoms with Gasteiger partial charge in [0.25, 0.3) is 0 Å². The summed E-state index contributed by atoms with van der Waals surface area (Å²) in [4.78, 5) is 13.1. The van der Waals surface area contributed by atoms with Crippen molar-refractivity contribution in [2.45, 2.75) is 36.9 Å². The Bertz CT molecular complexity index is 1260. The van der Waals surface area contributed by atoms with Gasteiger partial charge in [-0.2, -0.15) is 13.5 Å². The molecular weight excluding hydrogens is 554 g/mol. The van der Waals surface area contributed by atoms with Crippen LogP contribution in [-0.2, 0) is 11.2 Å². The first-order valence-electron chi connectivity index (χ1n) is 11.1. The molecule has 0 radical (unpaired) electrons. The van der Waals surface area contributed by atoms with Gasteiger partial charge < -0.3 is 19.4 Å². The van der Waals surface area contributed by atoms with Crippen LogP contribution in [0.1, 0.15) is 30.1 Å². The van der Waals surface area contributed by atoms with E-state index in [0.717, 1.165) is 25.2 Å². The van der Waals surface area contributed by atoms with Crippen LogP contribution in [0.2, 0.25) is 10.0 Å². The molecule has 1 aliphatic carbocycles. The van der Waals surface area contributed by atoms with Crippen molar-refractivity contribution in [2.75, 3.05) is 6.61 Å². The molecule has 1 unspecified atom stereocenters. The van der Waals surface area contributed by atoms with Crippen molar-refractivity contribution in [3.05, 3.63) is 87.1 Å². The van der Waals surface area contributed by atoms with Crippen molar-refractivity contribution in [3.8, 4) is 11.5 Å². The number of benzene rings is 2. The van der Waals surface area contributed by atoms with Crippen molar-refractivity contribution in [2.24, 2.45) is 5.92 Å². The lowest BCUT2D eigenvalue weighted by molar-refractivity contribution is -0.605. The molecule has 1 atom stereocenters. The van der Waals surface area contributed by atoms with Gasteiger partial charge >= 0.3 is 11.9 Å². The fraction of sp³-hybridized carbons (Fsp3) is 0.280. The maximum absolute atomic E-state index is 13.6. The molecule has 1 aromatic heterocycles. The van der Waals surface area contributed by atoms with Gasteiger partial charge in [-0.1, -0.05) is 35.3 Å².